The lowest BCUT2D eigenvalue weighted by Crippen LogP contribution is -2.61. The Morgan fingerprint density at radius 3 is 1.09 bits per heavy atom. The molecular formula is C75H96O18. The van der Waals surface area contributed by atoms with Crippen molar-refractivity contribution in [3.8, 4) is 0 Å². The lowest BCUT2D eigenvalue weighted by Gasteiger charge is -2.50. The molecule has 19 atom stereocenters. The van der Waals surface area contributed by atoms with E-state index in [0.717, 1.165) is 94.2 Å². The van der Waals surface area contributed by atoms with Crippen molar-refractivity contribution >= 4 is 0 Å². The minimum absolute atomic E-state index is 0.224. The Morgan fingerprint density at radius 2 is 0.677 bits per heavy atom. The number of aryl methyl sites for hydroxylation is 8. The van der Waals surface area contributed by atoms with E-state index in [2.05, 4.69) is 52.0 Å². The Hall–Kier alpha value is -5.40. The molecule has 0 amide bonds. The fourth-order valence-electron chi connectivity index (χ4n) is 12.5. The second-order valence-electron chi connectivity index (χ2n) is 25.4. The van der Waals surface area contributed by atoms with Crippen LogP contribution < -0.4 is 0 Å². The zero-order valence-electron chi connectivity index (χ0n) is 55.0. The molecule has 0 aliphatic carbocycles. The van der Waals surface area contributed by atoms with Crippen molar-refractivity contribution in [1.82, 2.24) is 0 Å². The molecule has 0 saturated carbocycles. The molecule has 6 fully saturated rings. The van der Waals surface area contributed by atoms with Crippen LogP contribution in [0.25, 0.3) is 0 Å². The molecule has 504 valence electrons. The molecular weight excluding hydrogens is 1190 g/mol. The summed E-state index contributed by atoms with van der Waals surface area (Å²) < 4.78 is 74.0. The van der Waals surface area contributed by atoms with Crippen LogP contribution in [0.3, 0.4) is 0 Å². The van der Waals surface area contributed by atoms with Crippen LogP contribution >= 0.6 is 0 Å². The van der Waals surface area contributed by atoms with E-state index < -0.39 is 131 Å². The lowest BCUT2D eigenvalue weighted by molar-refractivity contribution is -0.391. The van der Waals surface area contributed by atoms with Gasteiger partial charge in [-0.25, -0.2) is 0 Å². The minimum atomic E-state index is -1.10. The molecule has 6 N–H and O–H groups in total. The van der Waals surface area contributed by atoms with Crippen LogP contribution in [0.15, 0.2) is 133 Å². The van der Waals surface area contributed by atoms with Crippen molar-refractivity contribution in [2.24, 2.45) is 0 Å². The molecule has 6 heterocycles. The number of hydrogen-bond donors (Lipinski definition) is 6. The fraction of sp³-hybridized carbons (Fsp3) is 0.520. The number of hydrogen-bond acceptors (Lipinski definition) is 18. The summed E-state index contributed by atoms with van der Waals surface area (Å²) in [6.07, 6.45) is -6.43. The van der Waals surface area contributed by atoms with Gasteiger partial charge in [-0.3, -0.25) is 0 Å². The second kappa shape index (κ2) is 33.0. The zero-order valence-corrected chi connectivity index (χ0v) is 55.0. The summed E-state index contributed by atoms with van der Waals surface area (Å²) in [6, 6.07) is 44.3. The number of aliphatic hydroxyl groups is 6. The number of ether oxygens (including phenoxy) is 12. The summed E-state index contributed by atoms with van der Waals surface area (Å²) in [5, 5.41) is 60.5. The van der Waals surface area contributed by atoms with Gasteiger partial charge in [-0.1, -0.05) is 185 Å². The fourth-order valence-corrected chi connectivity index (χ4v) is 12.5. The van der Waals surface area contributed by atoms with Gasteiger partial charge in [-0.05, 0) is 94.2 Å². The number of aliphatic hydroxyl groups excluding tert-OH is 6. The maximum atomic E-state index is 10.7. The van der Waals surface area contributed by atoms with E-state index in [-0.39, 0.29) is 6.10 Å². The molecule has 0 spiro atoms. The molecule has 19 unspecified atom stereocenters. The molecule has 6 saturated heterocycles. The molecule has 93 heavy (non-hydrogen) atoms. The van der Waals surface area contributed by atoms with Crippen LogP contribution in [0.1, 0.15) is 162 Å². The minimum Gasteiger partial charge on any atom is -0.394 e. The van der Waals surface area contributed by atoms with Crippen molar-refractivity contribution in [1.29, 1.82) is 0 Å². The predicted molar refractivity (Wildman–Crippen MR) is 346 cm³/mol. The Bertz CT molecular complexity index is 3250. The van der Waals surface area contributed by atoms with Crippen LogP contribution in [0.4, 0.5) is 0 Å². The molecule has 18 nitrogen and oxygen atoms in total. The SMILES string of the molecule is CCCc1ccc(C2OC(C(O)CO)C3OC(c4ccc(CCC)cc4)OC(CCC)C3O2)cc1.Cc1ccc(C2OC3COC(c4ccc(C)c(C)c4)OC3C(C(O)CO)O2)cc1C.Cc1ccc(C2OC3COC(c4ccc(C)cc4)OC3C(C(O)CO)O2)cc1. The largest absolute Gasteiger partial charge is 0.394 e. The van der Waals surface area contributed by atoms with E-state index in [4.69, 9.17) is 56.8 Å². The van der Waals surface area contributed by atoms with E-state index in [1.54, 1.807) is 0 Å². The van der Waals surface area contributed by atoms with Crippen LogP contribution in [0.5, 0.6) is 0 Å². The van der Waals surface area contributed by atoms with Gasteiger partial charge < -0.3 is 87.5 Å². The van der Waals surface area contributed by atoms with Gasteiger partial charge >= 0.3 is 0 Å². The van der Waals surface area contributed by atoms with Gasteiger partial charge in [0.05, 0.1) is 39.1 Å². The number of fused-ring (bicyclic) bond motifs is 3. The van der Waals surface area contributed by atoms with Gasteiger partial charge in [-0.15, -0.1) is 0 Å². The number of rotatable bonds is 18. The third-order valence-corrected chi connectivity index (χ3v) is 18.2. The quantitative estimate of drug-likeness (QED) is 0.0470. The Labute approximate surface area is 547 Å². The third kappa shape index (κ3) is 17.2. The van der Waals surface area contributed by atoms with E-state index in [0.29, 0.717) is 13.2 Å². The van der Waals surface area contributed by atoms with E-state index in [9.17, 15) is 30.6 Å². The smallest absolute Gasteiger partial charge is 0.184 e. The van der Waals surface area contributed by atoms with Crippen LogP contribution in [-0.4, -0.2) is 143 Å². The van der Waals surface area contributed by atoms with Crippen molar-refractivity contribution < 1.29 is 87.5 Å². The van der Waals surface area contributed by atoms with E-state index >= 15 is 0 Å². The molecule has 18 heteroatoms. The van der Waals surface area contributed by atoms with Crippen molar-refractivity contribution in [3.05, 3.63) is 211 Å². The van der Waals surface area contributed by atoms with Gasteiger partial charge in [0.2, 0.25) is 0 Å². The second-order valence-corrected chi connectivity index (χ2v) is 25.4. The van der Waals surface area contributed by atoms with Gasteiger partial charge in [0.25, 0.3) is 0 Å². The molecule has 0 bridgehead atoms. The van der Waals surface area contributed by atoms with Gasteiger partial charge in [0, 0.05) is 33.4 Å². The van der Waals surface area contributed by atoms with Gasteiger partial charge in [-0.2, -0.15) is 0 Å². The van der Waals surface area contributed by atoms with Crippen molar-refractivity contribution in [2.45, 2.75) is 218 Å². The first-order valence-corrected chi connectivity index (χ1v) is 33.1. The Morgan fingerprint density at radius 1 is 0.344 bits per heavy atom. The monoisotopic (exact) mass is 1280 g/mol. The maximum absolute atomic E-state index is 10.7. The molecule has 0 radical (unpaired) electrons. The topological polar surface area (TPSA) is 232 Å². The first-order valence-electron chi connectivity index (χ1n) is 33.1. The third-order valence-electron chi connectivity index (χ3n) is 18.2. The maximum Gasteiger partial charge on any atom is 0.184 e. The molecule has 6 aliphatic rings. The summed E-state index contributed by atoms with van der Waals surface area (Å²) in [6.45, 7) is 18.0. The summed E-state index contributed by atoms with van der Waals surface area (Å²) in [7, 11) is 0. The van der Waals surface area contributed by atoms with E-state index in [1.165, 1.54) is 22.3 Å². The lowest BCUT2D eigenvalue weighted by atomic mass is 9.93. The first kappa shape index (κ1) is 70.4. The summed E-state index contributed by atoms with van der Waals surface area (Å²) >= 11 is 0. The van der Waals surface area contributed by atoms with Gasteiger partial charge in [0.1, 0.15) is 73.2 Å². The molecule has 6 aromatic rings. The molecule has 6 aliphatic heterocycles. The summed E-state index contributed by atoms with van der Waals surface area (Å²) in [5.74, 6) is 0. The standard InChI is InChI=1S/C29H40O6.C24H30O6.C22H26O6/c1-4-7-19-10-14-21(15-11-19)28-32-24(9-6-3)26-27(35-28)25(23(31)18-30)33-29(34-26)22-16-12-20(8-5-2)13-17-22;1-13-5-7-17(9-15(13)3)23-27-12-20-22(30-23)21(19(26)11-25)29-24(28-20)18-8-6-14(2)16(4)10-18;1-13-3-7-15(8-4-13)21-25-12-18-20(28-21)19(17(24)11-23)27-22(26-18)16-9-5-14(2)6-10-16/h10-17,23-31H,4-9,18H2,1-3H3;5-10,19-26H,11-12H2,1-4H3;3-10,17-24H,11-12H2,1-2H3. The normalized spacial score (nSPS) is 30.2. The van der Waals surface area contributed by atoms with E-state index in [1.807, 2.05) is 144 Å². The molecule has 6 aromatic carbocycles. The molecule has 12 rings (SSSR count). The predicted octanol–water partition coefficient (Wildman–Crippen LogP) is 10.7. The first-order chi connectivity index (χ1) is 45.0. The van der Waals surface area contributed by atoms with Gasteiger partial charge in [0.15, 0.2) is 37.7 Å². The average molecular weight is 1290 g/mol. The van der Waals surface area contributed by atoms with Crippen molar-refractivity contribution in [2.75, 3.05) is 33.0 Å². The Kier molecular flexibility index (Phi) is 25.0. The van der Waals surface area contributed by atoms with Crippen LogP contribution in [0, 0.1) is 41.5 Å². The highest BCUT2D eigenvalue weighted by Gasteiger charge is 2.53. The highest BCUT2D eigenvalue weighted by atomic mass is 16.8. The molecule has 0 aromatic heterocycles. The average Bonchev–Trinajstić information content (AvgIpc) is 0.811. The van der Waals surface area contributed by atoms with Crippen LogP contribution in [0.2, 0.25) is 0 Å². The highest BCUT2D eigenvalue weighted by molar-refractivity contribution is 5.33. The van der Waals surface area contributed by atoms with Crippen molar-refractivity contribution in [3.63, 3.8) is 0 Å². The van der Waals surface area contributed by atoms with Crippen LogP contribution in [-0.2, 0) is 69.7 Å². The summed E-state index contributed by atoms with van der Waals surface area (Å²) in [5.41, 5.74) is 14.8. The summed E-state index contributed by atoms with van der Waals surface area (Å²) in [4.78, 5) is 0. The zero-order chi connectivity index (χ0) is 65.9. The number of benzene rings is 6. The Balaban J connectivity index is 0.000000154. The highest BCUT2D eigenvalue weighted by Crippen LogP contribution is 2.45.